The molecule has 0 aliphatic carbocycles. The van der Waals surface area contributed by atoms with Crippen LogP contribution in [0.2, 0.25) is 0 Å². The zero-order valence-corrected chi connectivity index (χ0v) is 16.6. The average molecular weight is 414 g/mol. The molecule has 5 nitrogen and oxygen atoms in total. The Morgan fingerprint density at radius 1 is 1.00 bits per heavy atom. The standard InChI is InChI=1S/C25H19FN2O3/c26-19-7-3-1-6-18(19)24-23-17(16-5-2-4-8-20(16)27-23)11-12-28(24)25(29)15-9-10-21-22(13-15)31-14-30-21/h1-10,13,24,27H,11-12,14H2. The summed E-state index contributed by atoms with van der Waals surface area (Å²) in [5.74, 6) is 0.675. The highest BCUT2D eigenvalue weighted by atomic mass is 19.1. The smallest absolute Gasteiger partial charge is 0.254 e. The third-order valence-electron chi connectivity index (χ3n) is 6.11. The van der Waals surface area contributed by atoms with Crippen molar-refractivity contribution in [3.63, 3.8) is 0 Å². The first-order valence-electron chi connectivity index (χ1n) is 10.3. The maximum Gasteiger partial charge on any atom is 0.254 e. The molecule has 31 heavy (non-hydrogen) atoms. The number of aromatic amines is 1. The van der Waals surface area contributed by atoms with Gasteiger partial charge >= 0.3 is 0 Å². The number of rotatable bonds is 2. The molecule has 1 atom stereocenters. The van der Waals surface area contributed by atoms with Crippen LogP contribution in [0.3, 0.4) is 0 Å². The normalized spacial score (nSPS) is 17.1. The highest BCUT2D eigenvalue weighted by Gasteiger charge is 2.36. The summed E-state index contributed by atoms with van der Waals surface area (Å²) in [6.07, 6.45) is 0.695. The first-order valence-corrected chi connectivity index (χ1v) is 10.3. The molecule has 1 aromatic heterocycles. The van der Waals surface area contributed by atoms with Crippen LogP contribution in [-0.4, -0.2) is 29.1 Å². The van der Waals surface area contributed by atoms with Gasteiger partial charge in [-0.25, -0.2) is 4.39 Å². The van der Waals surface area contributed by atoms with Crippen molar-refractivity contribution >= 4 is 16.8 Å². The number of hydrogen-bond donors (Lipinski definition) is 1. The minimum atomic E-state index is -0.546. The van der Waals surface area contributed by atoms with Crippen molar-refractivity contribution in [2.24, 2.45) is 0 Å². The molecule has 3 aromatic carbocycles. The second kappa shape index (κ2) is 6.87. The summed E-state index contributed by atoms with van der Waals surface area (Å²) in [6, 6.07) is 19.3. The molecule has 0 bridgehead atoms. The third-order valence-corrected chi connectivity index (χ3v) is 6.11. The Kier molecular flexibility index (Phi) is 3.99. The Hall–Kier alpha value is -3.80. The molecule has 2 aliphatic rings. The second-order valence-corrected chi connectivity index (χ2v) is 7.80. The number of hydrogen-bond acceptors (Lipinski definition) is 3. The number of ether oxygens (including phenoxy) is 2. The summed E-state index contributed by atoms with van der Waals surface area (Å²) in [6.45, 7) is 0.633. The van der Waals surface area contributed by atoms with E-state index in [2.05, 4.69) is 11.1 Å². The highest BCUT2D eigenvalue weighted by molar-refractivity contribution is 5.96. The summed E-state index contributed by atoms with van der Waals surface area (Å²) < 4.78 is 25.8. The molecule has 1 N–H and O–H groups in total. The Bertz CT molecular complexity index is 1330. The minimum Gasteiger partial charge on any atom is -0.454 e. The predicted octanol–water partition coefficient (Wildman–Crippen LogP) is 4.82. The fourth-order valence-corrected chi connectivity index (χ4v) is 4.68. The first-order chi connectivity index (χ1) is 15.2. The number of nitrogens with zero attached hydrogens (tertiary/aromatic N) is 1. The highest BCUT2D eigenvalue weighted by Crippen LogP contribution is 2.40. The zero-order valence-electron chi connectivity index (χ0n) is 16.6. The molecular formula is C25H19FN2O3. The van der Waals surface area contributed by atoms with Gasteiger partial charge in [0.25, 0.3) is 5.91 Å². The molecular weight excluding hydrogens is 395 g/mol. The molecule has 1 amide bonds. The van der Waals surface area contributed by atoms with E-state index >= 15 is 0 Å². The molecule has 0 spiro atoms. The number of nitrogens with one attached hydrogen (secondary N) is 1. The summed E-state index contributed by atoms with van der Waals surface area (Å²) in [5.41, 5.74) is 3.96. The number of amides is 1. The summed E-state index contributed by atoms with van der Waals surface area (Å²) >= 11 is 0. The number of aromatic nitrogens is 1. The van der Waals surface area contributed by atoms with E-state index in [1.54, 1.807) is 41.3 Å². The van der Waals surface area contributed by atoms with E-state index in [0.717, 1.165) is 22.2 Å². The van der Waals surface area contributed by atoms with Gasteiger partial charge in [0.05, 0.1) is 0 Å². The molecule has 3 heterocycles. The molecule has 4 aromatic rings. The van der Waals surface area contributed by atoms with Crippen LogP contribution in [0.15, 0.2) is 66.7 Å². The number of carbonyl (C=O) groups is 1. The van der Waals surface area contributed by atoms with Crippen molar-refractivity contribution in [2.75, 3.05) is 13.3 Å². The number of H-pyrrole nitrogens is 1. The van der Waals surface area contributed by atoms with Crippen LogP contribution in [0.1, 0.15) is 33.2 Å². The van der Waals surface area contributed by atoms with Gasteiger partial charge in [-0.2, -0.15) is 0 Å². The molecule has 2 aliphatic heterocycles. The van der Waals surface area contributed by atoms with Crippen LogP contribution in [0.4, 0.5) is 4.39 Å². The van der Waals surface area contributed by atoms with Gasteiger partial charge in [-0.3, -0.25) is 4.79 Å². The average Bonchev–Trinajstić information content (AvgIpc) is 3.42. The lowest BCUT2D eigenvalue weighted by molar-refractivity contribution is 0.0689. The fourth-order valence-electron chi connectivity index (χ4n) is 4.68. The third kappa shape index (κ3) is 2.79. The van der Waals surface area contributed by atoms with Gasteiger partial charge in [0.15, 0.2) is 11.5 Å². The predicted molar refractivity (Wildman–Crippen MR) is 114 cm³/mol. The van der Waals surface area contributed by atoms with Crippen molar-refractivity contribution < 1.29 is 18.7 Å². The number of halogens is 1. The molecule has 154 valence electrons. The topological polar surface area (TPSA) is 54.6 Å². The van der Waals surface area contributed by atoms with Gasteiger partial charge in [-0.1, -0.05) is 36.4 Å². The van der Waals surface area contributed by atoms with Crippen molar-refractivity contribution in [1.29, 1.82) is 0 Å². The lowest BCUT2D eigenvalue weighted by Gasteiger charge is -2.36. The van der Waals surface area contributed by atoms with Crippen LogP contribution in [0, 0.1) is 5.82 Å². The minimum absolute atomic E-state index is 0.146. The summed E-state index contributed by atoms with van der Waals surface area (Å²) in [4.78, 5) is 18.8. The Morgan fingerprint density at radius 2 is 1.81 bits per heavy atom. The van der Waals surface area contributed by atoms with Gasteiger partial charge < -0.3 is 19.4 Å². The number of benzene rings is 3. The van der Waals surface area contributed by atoms with E-state index in [-0.39, 0.29) is 18.5 Å². The number of carbonyl (C=O) groups excluding carboxylic acids is 1. The molecule has 0 saturated carbocycles. The van der Waals surface area contributed by atoms with Gasteiger partial charge in [-0.15, -0.1) is 0 Å². The van der Waals surface area contributed by atoms with Crippen molar-refractivity contribution in [3.05, 3.63) is 94.9 Å². The lowest BCUT2D eigenvalue weighted by Crippen LogP contribution is -2.41. The lowest BCUT2D eigenvalue weighted by atomic mass is 9.91. The summed E-state index contributed by atoms with van der Waals surface area (Å²) in [5, 5.41) is 1.12. The van der Waals surface area contributed by atoms with Crippen LogP contribution in [0.5, 0.6) is 11.5 Å². The van der Waals surface area contributed by atoms with Crippen LogP contribution < -0.4 is 9.47 Å². The molecule has 6 heteroatoms. The maximum absolute atomic E-state index is 15.0. The molecule has 0 fully saturated rings. The largest absolute Gasteiger partial charge is 0.454 e. The molecule has 0 saturated heterocycles. The van der Waals surface area contributed by atoms with E-state index < -0.39 is 6.04 Å². The monoisotopic (exact) mass is 414 g/mol. The molecule has 0 radical (unpaired) electrons. The van der Waals surface area contributed by atoms with E-state index in [9.17, 15) is 9.18 Å². The van der Waals surface area contributed by atoms with E-state index in [0.29, 0.717) is 35.6 Å². The summed E-state index contributed by atoms with van der Waals surface area (Å²) in [7, 11) is 0. The molecule has 1 unspecified atom stereocenters. The SMILES string of the molecule is O=C(c1ccc2c(c1)OCO2)N1CCc2c([nH]c3ccccc23)C1c1ccccc1F. The van der Waals surface area contributed by atoms with Gasteiger partial charge in [0.1, 0.15) is 11.9 Å². The maximum atomic E-state index is 15.0. The van der Waals surface area contributed by atoms with E-state index in [1.807, 2.05) is 18.2 Å². The molecule has 6 rings (SSSR count). The first kappa shape index (κ1) is 18.0. The Morgan fingerprint density at radius 3 is 2.71 bits per heavy atom. The van der Waals surface area contributed by atoms with Gasteiger partial charge in [0.2, 0.25) is 6.79 Å². The van der Waals surface area contributed by atoms with E-state index in [1.165, 1.54) is 6.07 Å². The number of fused-ring (bicyclic) bond motifs is 4. The van der Waals surface area contributed by atoms with Crippen LogP contribution in [-0.2, 0) is 6.42 Å². The Labute approximate surface area is 178 Å². The van der Waals surface area contributed by atoms with Crippen LogP contribution in [0.25, 0.3) is 10.9 Å². The van der Waals surface area contributed by atoms with Crippen molar-refractivity contribution in [3.8, 4) is 11.5 Å². The fraction of sp³-hybridized carbons (Fsp3) is 0.160. The zero-order chi connectivity index (χ0) is 20.9. The van der Waals surface area contributed by atoms with Crippen molar-refractivity contribution in [1.82, 2.24) is 9.88 Å². The quantitative estimate of drug-likeness (QED) is 0.512. The Balaban J connectivity index is 1.50. The van der Waals surface area contributed by atoms with Crippen LogP contribution >= 0.6 is 0 Å². The van der Waals surface area contributed by atoms with Gasteiger partial charge in [-0.05, 0) is 42.3 Å². The van der Waals surface area contributed by atoms with Crippen molar-refractivity contribution in [2.45, 2.75) is 12.5 Å². The van der Waals surface area contributed by atoms with E-state index in [4.69, 9.17) is 9.47 Å². The number of para-hydroxylation sites is 1. The van der Waals surface area contributed by atoms with Gasteiger partial charge in [0, 0.05) is 34.3 Å². The second-order valence-electron chi connectivity index (χ2n) is 7.80.